The fourth-order valence-corrected chi connectivity index (χ4v) is 4.62. The predicted octanol–water partition coefficient (Wildman–Crippen LogP) is 5.59. The molecular formula is C30H27FN2O7. The second kappa shape index (κ2) is 11.5. The number of nitrogens with zero attached hydrogens (tertiary/aromatic N) is 2. The number of carbonyl (C=O) groups excluding carboxylic acids is 2. The van der Waals surface area contributed by atoms with Crippen LogP contribution in [0, 0.1) is 5.82 Å². The van der Waals surface area contributed by atoms with Crippen LogP contribution in [-0.2, 0) is 14.4 Å². The first kappa shape index (κ1) is 26.7. The summed E-state index contributed by atoms with van der Waals surface area (Å²) >= 11 is 0. The minimum absolute atomic E-state index is 0.0579. The van der Waals surface area contributed by atoms with Crippen LogP contribution in [0.2, 0.25) is 0 Å². The van der Waals surface area contributed by atoms with Crippen molar-refractivity contribution in [1.29, 1.82) is 0 Å². The Morgan fingerprint density at radius 1 is 1.02 bits per heavy atom. The number of furan rings is 1. The normalized spacial score (nSPS) is 13.6. The third-order valence-electron chi connectivity index (χ3n) is 6.42. The number of benzene rings is 3. The first-order valence-electron chi connectivity index (χ1n) is 12.7. The average molecular weight is 547 g/mol. The van der Waals surface area contributed by atoms with E-state index in [-0.39, 0.29) is 24.8 Å². The maximum absolute atomic E-state index is 13.8. The van der Waals surface area contributed by atoms with Crippen molar-refractivity contribution < 1.29 is 37.4 Å². The molecule has 4 aromatic rings. The molecule has 0 N–H and O–H groups in total. The van der Waals surface area contributed by atoms with E-state index in [1.54, 1.807) is 50.4 Å². The molecule has 10 heteroatoms. The van der Waals surface area contributed by atoms with Gasteiger partial charge in [0.1, 0.15) is 41.3 Å². The van der Waals surface area contributed by atoms with Crippen LogP contribution in [0.1, 0.15) is 29.3 Å². The Hall–Kier alpha value is -4.86. The van der Waals surface area contributed by atoms with Gasteiger partial charge in [-0.2, -0.15) is 0 Å². The van der Waals surface area contributed by atoms with Crippen LogP contribution >= 0.6 is 0 Å². The van der Waals surface area contributed by atoms with E-state index in [9.17, 15) is 14.0 Å². The van der Waals surface area contributed by atoms with Crippen molar-refractivity contribution in [3.05, 3.63) is 77.6 Å². The Bertz CT molecular complexity index is 1590. The third kappa shape index (κ3) is 5.07. The zero-order chi connectivity index (χ0) is 28.2. The second-order valence-corrected chi connectivity index (χ2v) is 8.86. The molecule has 206 valence electrons. The quantitative estimate of drug-likeness (QED) is 0.145. The molecule has 3 aromatic carbocycles. The maximum Gasteiger partial charge on any atom is 0.342 e. The molecular weight excluding hydrogens is 519 g/mol. The number of rotatable bonds is 10. The van der Waals surface area contributed by atoms with Crippen LogP contribution < -0.4 is 14.4 Å². The largest absolute Gasteiger partial charge is 0.497 e. The topological polar surface area (TPSA) is 99.8 Å². The van der Waals surface area contributed by atoms with Gasteiger partial charge in [0.15, 0.2) is 5.71 Å². The number of amides is 1. The highest BCUT2D eigenvalue weighted by atomic mass is 19.1. The van der Waals surface area contributed by atoms with Crippen LogP contribution in [0.25, 0.3) is 22.3 Å². The zero-order valence-electron chi connectivity index (χ0n) is 22.2. The van der Waals surface area contributed by atoms with Crippen molar-refractivity contribution in [3.8, 4) is 22.8 Å². The van der Waals surface area contributed by atoms with Crippen molar-refractivity contribution >= 4 is 34.2 Å². The summed E-state index contributed by atoms with van der Waals surface area (Å²) in [5, 5.41) is 4.35. The van der Waals surface area contributed by atoms with Gasteiger partial charge in [-0.25, -0.2) is 9.18 Å². The fraction of sp³-hybridized carbons (Fsp3) is 0.233. The molecule has 1 amide bonds. The van der Waals surface area contributed by atoms with E-state index in [1.807, 2.05) is 12.1 Å². The number of esters is 1. The van der Waals surface area contributed by atoms with Gasteiger partial charge in [0.05, 0.1) is 26.0 Å². The Balaban J connectivity index is 1.34. The molecule has 2 heterocycles. The molecule has 0 saturated heterocycles. The molecule has 0 spiro atoms. The Kier molecular flexibility index (Phi) is 7.68. The molecule has 0 unspecified atom stereocenters. The summed E-state index contributed by atoms with van der Waals surface area (Å²) in [4.78, 5) is 32.1. The summed E-state index contributed by atoms with van der Waals surface area (Å²) in [6.07, 6.45) is 0.480. The van der Waals surface area contributed by atoms with Crippen molar-refractivity contribution in [2.45, 2.75) is 13.3 Å². The van der Waals surface area contributed by atoms with Crippen LogP contribution in [0.5, 0.6) is 11.5 Å². The van der Waals surface area contributed by atoms with Gasteiger partial charge < -0.3 is 28.4 Å². The zero-order valence-corrected chi connectivity index (χ0v) is 22.2. The Labute approximate surface area is 229 Å². The number of fused-ring (bicyclic) bond motifs is 2. The van der Waals surface area contributed by atoms with Gasteiger partial charge in [0.25, 0.3) is 5.91 Å². The first-order valence-corrected chi connectivity index (χ1v) is 12.7. The molecule has 1 aliphatic heterocycles. The van der Waals surface area contributed by atoms with Crippen LogP contribution in [0.3, 0.4) is 0 Å². The Morgan fingerprint density at radius 2 is 1.80 bits per heavy atom. The number of hydrogen-bond acceptors (Lipinski definition) is 8. The van der Waals surface area contributed by atoms with Crippen molar-refractivity contribution in [1.82, 2.24) is 0 Å². The fourth-order valence-electron chi connectivity index (χ4n) is 4.62. The molecule has 40 heavy (non-hydrogen) atoms. The van der Waals surface area contributed by atoms with Crippen LogP contribution in [0.4, 0.5) is 10.1 Å². The lowest BCUT2D eigenvalue weighted by Gasteiger charge is -2.17. The summed E-state index contributed by atoms with van der Waals surface area (Å²) in [5.41, 5.74) is 2.53. The lowest BCUT2D eigenvalue weighted by Crippen LogP contribution is -2.31. The molecule has 5 rings (SSSR count). The number of ether oxygens (including phenoxy) is 3. The van der Waals surface area contributed by atoms with E-state index >= 15 is 0 Å². The molecule has 0 bridgehead atoms. The van der Waals surface area contributed by atoms with Crippen molar-refractivity contribution in [3.63, 3.8) is 0 Å². The first-order chi connectivity index (χ1) is 19.4. The van der Waals surface area contributed by atoms with E-state index in [4.69, 9.17) is 23.5 Å². The van der Waals surface area contributed by atoms with Crippen molar-refractivity contribution in [2.75, 3.05) is 38.9 Å². The molecule has 1 aromatic heterocycles. The van der Waals surface area contributed by atoms with Gasteiger partial charge in [-0.05, 0) is 74.0 Å². The van der Waals surface area contributed by atoms with Gasteiger partial charge in [0, 0.05) is 23.1 Å². The molecule has 0 saturated carbocycles. The van der Waals surface area contributed by atoms with Gasteiger partial charge in [-0.15, -0.1) is 0 Å². The summed E-state index contributed by atoms with van der Waals surface area (Å²) in [6.45, 7) is 2.56. The van der Waals surface area contributed by atoms with E-state index in [0.29, 0.717) is 63.6 Å². The van der Waals surface area contributed by atoms with Gasteiger partial charge in [0.2, 0.25) is 0 Å². The Morgan fingerprint density at radius 3 is 2.52 bits per heavy atom. The average Bonchev–Trinajstić information content (AvgIpc) is 3.46. The molecule has 0 fully saturated rings. The lowest BCUT2D eigenvalue weighted by molar-refractivity contribution is -0.112. The molecule has 9 nitrogen and oxygen atoms in total. The summed E-state index contributed by atoms with van der Waals surface area (Å²) in [7, 11) is 2.91. The molecule has 0 radical (unpaired) electrons. The summed E-state index contributed by atoms with van der Waals surface area (Å²) in [5.74, 6) is 0.267. The predicted molar refractivity (Wildman–Crippen MR) is 147 cm³/mol. The number of anilines is 1. The monoisotopic (exact) mass is 546 g/mol. The second-order valence-electron chi connectivity index (χ2n) is 8.86. The highest BCUT2D eigenvalue weighted by Crippen LogP contribution is 2.37. The molecule has 0 atom stereocenters. The summed E-state index contributed by atoms with van der Waals surface area (Å²) in [6, 6.07) is 16.5. The maximum atomic E-state index is 13.8. The number of halogens is 1. The van der Waals surface area contributed by atoms with E-state index in [1.165, 1.54) is 24.1 Å². The number of carbonyl (C=O) groups is 2. The van der Waals surface area contributed by atoms with E-state index < -0.39 is 11.8 Å². The SMILES string of the molecule is CCOC(=O)c1c(-c2ccc(OC)cc2)oc2ccc(OCCCN3C(=O)/C(=N/OC)c4cc(F)ccc43)cc12. The standard InChI is InChI=1S/C30H27FN2O7/c1-4-38-30(35)26-23-17-21(11-13-25(23)40-28(26)18-6-9-20(36-2)10-7-18)39-15-5-14-33-24-12-8-19(31)16-22(24)27(29(33)34)32-37-3/h6-13,16-17H,4-5,14-15H2,1-3H3/b32-27+. The van der Waals surface area contributed by atoms with Gasteiger partial charge >= 0.3 is 5.97 Å². The van der Waals surface area contributed by atoms with Gasteiger partial charge in [-0.3, -0.25) is 4.79 Å². The lowest BCUT2D eigenvalue weighted by atomic mass is 10.1. The highest BCUT2D eigenvalue weighted by molar-refractivity contribution is 6.54. The molecule has 0 aliphatic carbocycles. The van der Waals surface area contributed by atoms with Crippen LogP contribution in [0.15, 0.2) is 70.2 Å². The number of hydrogen-bond donors (Lipinski definition) is 0. The van der Waals surface area contributed by atoms with E-state index in [0.717, 1.165) is 0 Å². The number of oxime groups is 1. The molecule has 1 aliphatic rings. The minimum Gasteiger partial charge on any atom is -0.497 e. The third-order valence-corrected chi connectivity index (χ3v) is 6.42. The summed E-state index contributed by atoms with van der Waals surface area (Å²) < 4.78 is 36.4. The smallest absolute Gasteiger partial charge is 0.342 e. The van der Waals surface area contributed by atoms with Crippen molar-refractivity contribution in [2.24, 2.45) is 5.16 Å². The van der Waals surface area contributed by atoms with E-state index in [2.05, 4.69) is 5.16 Å². The van der Waals surface area contributed by atoms with Gasteiger partial charge in [-0.1, -0.05) is 5.16 Å². The van der Waals surface area contributed by atoms with Crippen LogP contribution in [-0.4, -0.2) is 51.6 Å². The number of methoxy groups -OCH3 is 1. The minimum atomic E-state index is -0.500. The highest BCUT2D eigenvalue weighted by Gasteiger charge is 2.34.